The van der Waals surface area contributed by atoms with E-state index in [1.165, 1.54) is 4.90 Å². The molecule has 0 aliphatic carbocycles. The molecule has 1 unspecified atom stereocenters. The minimum atomic E-state index is -4.67. The molecule has 2 N–H and O–H groups in total. The standard InChI is InChI=1S/C28H35ClF3N3O3/c1-20-5-7-21(8-6-20)11-15-35(27(37)23-9-13-33-14-10-23)16-12-25(28(30,31)32)34-26(36)19-38-24-4-2-3-22(17-24)18-29/h2-8,17,23,25,33H,9-16,18-19H2,1H3,(H,34,36). The Hall–Kier alpha value is -2.78. The lowest BCUT2D eigenvalue weighted by atomic mass is 9.96. The minimum Gasteiger partial charge on any atom is -0.484 e. The van der Waals surface area contributed by atoms with E-state index in [0.29, 0.717) is 44.6 Å². The smallest absolute Gasteiger partial charge is 0.408 e. The first-order valence-electron chi connectivity index (χ1n) is 12.8. The second kappa shape index (κ2) is 14.4. The lowest BCUT2D eigenvalue weighted by molar-refractivity contribution is -0.165. The normalized spacial score (nSPS) is 15.1. The summed E-state index contributed by atoms with van der Waals surface area (Å²) in [4.78, 5) is 27.1. The second-order valence-corrected chi connectivity index (χ2v) is 9.87. The minimum absolute atomic E-state index is 0.113. The van der Waals surface area contributed by atoms with Crippen LogP contribution in [0.3, 0.4) is 0 Å². The van der Waals surface area contributed by atoms with E-state index in [4.69, 9.17) is 16.3 Å². The highest BCUT2D eigenvalue weighted by Gasteiger charge is 2.41. The molecule has 2 aromatic carbocycles. The number of ether oxygens (including phenoxy) is 1. The summed E-state index contributed by atoms with van der Waals surface area (Å²) >= 11 is 5.79. The first kappa shape index (κ1) is 29.8. The zero-order chi connectivity index (χ0) is 27.5. The average molecular weight is 554 g/mol. The third-order valence-corrected chi connectivity index (χ3v) is 6.94. The molecule has 6 nitrogen and oxygen atoms in total. The van der Waals surface area contributed by atoms with Crippen LogP contribution < -0.4 is 15.4 Å². The SMILES string of the molecule is Cc1ccc(CCN(CCC(NC(=O)COc2cccc(CCl)c2)C(F)(F)F)C(=O)C2CCNCC2)cc1. The summed E-state index contributed by atoms with van der Waals surface area (Å²) in [5.41, 5.74) is 2.88. The van der Waals surface area contributed by atoms with Gasteiger partial charge in [-0.15, -0.1) is 11.6 Å². The first-order valence-corrected chi connectivity index (χ1v) is 13.4. The third-order valence-electron chi connectivity index (χ3n) is 6.63. The number of alkyl halides is 4. The Kier molecular flexibility index (Phi) is 11.3. The number of aryl methyl sites for hydroxylation is 1. The van der Waals surface area contributed by atoms with Gasteiger partial charge < -0.3 is 20.3 Å². The topological polar surface area (TPSA) is 70.7 Å². The fourth-order valence-corrected chi connectivity index (χ4v) is 4.55. The summed E-state index contributed by atoms with van der Waals surface area (Å²) in [6.07, 6.45) is -3.27. The summed E-state index contributed by atoms with van der Waals surface area (Å²) in [6.45, 7) is 3.02. The molecule has 2 aromatic rings. The van der Waals surface area contributed by atoms with E-state index in [-0.39, 0.29) is 24.2 Å². The fraction of sp³-hybridized carbons (Fsp3) is 0.500. The van der Waals surface area contributed by atoms with Gasteiger partial charge in [0.2, 0.25) is 5.91 Å². The van der Waals surface area contributed by atoms with Crippen molar-refractivity contribution in [1.82, 2.24) is 15.5 Å². The molecule has 0 radical (unpaired) electrons. The van der Waals surface area contributed by atoms with E-state index in [0.717, 1.165) is 16.7 Å². The molecule has 1 saturated heterocycles. The number of hydrogen-bond donors (Lipinski definition) is 2. The number of nitrogens with one attached hydrogen (secondary N) is 2. The van der Waals surface area contributed by atoms with Crippen LogP contribution in [0.15, 0.2) is 48.5 Å². The van der Waals surface area contributed by atoms with Crippen LogP contribution in [0.1, 0.15) is 36.0 Å². The fourth-order valence-electron chi connectivity index (χ4n) is 4.38. The predicted molar refractivity (Wildman–Crippen MR) is 141 cm³/mol. The maximum absolute atomic E-state index is 13.9. The van der Waals surface area contributed by atoms with Crippen LogP contribution in [0.4, 0.5) is 13.2 Å². The Balaban J connectivity index is 1.62. The quantitative estimate of drug-likeness (QED) is 0.376. The van der Waals surface area contributed by atoms with Crippen LogP contribution in [-0.2, 0) is 21.9 Å². The number of piperidine rings is 1. The molecule has 10 heteroatoms. The monoisotopic (exact) mass is 553 g/mol. The van der Waals surface area contributed by atoms with Gasteiger partial charge in [-0.2, -0.15) is 13.2 Å². The maximum atomic E-state index is 13.9. The predicted octanol–water partition coefficient (Wildman–Crippen LogP) is 4.62. The first-order chi connectivity index (χ1) is 18.2. The Morgan fingerprint density at radius 2 is 1.82 bits per heavy atom. The number of benzene rings is 2. The zero-order valence-electron chi connectivity index (χ0n) is 21.5. The Labute approximate surface area is 226 Å². The summed E-state index contributed by atoms with van der Waals surface area (Å²) in [5.74, 6) is -0.648. The molecular formula is C28H35ClF3N3O3. The molecule has 38 heavy (non-hydrogen) atoms. The average Bonchev–Trinajstić information content (AvgIpc) is 2.91. The van der Waals surface area contributed by atoms with E-state index in [2.05, 4.69) is 5.32 Å². The summed E-state index contributed by atoms with van der Waals surface area (Å²) in [5, 5.41) is 5.25. The molecule has 0 spiro atoms. The van der Waals surface area contributed by atoms with Crippen LogP contribution in [0.2, 0.25) is 0 Å². The molecule has 0 bridgehead atoms. The van der Waals surface area contributed by atoms with Crippen molar-refractivity contribution in [2.75, 3.05) is 32.8 Å². The molecule has 2 amide bonds. The van der Waals surface area contributed by atoms with Gasteiger partial charge >= 0.3 is 6.18 Å². The van der Waals surface area contributed by atoms with Gasteiger partial charge in [-0.25, -0.2) is 0 Å². The number of carbonyl (C=O) groups excluding carboxylic acids is 2. The number of halogens is 4. The number of carbonyl (C=O) groups is 2. The van der Waals surface area contributed by atoms with Gasteiger partial charge in [0.05, 0.1) is 0 Å². The summed E-state index contributed by atoms with van der Waals surface area (Å²) < 4.78 is 46.9. The van der Waals surface area contributed by atoms with Crippen LogP contribution in [0, 0.1) is 12.8 Å². The van der Waals surface area contributed by atoms with Gasteiger partial charge in [0.15, 0.2) is 6.61 Å². The summed E-state index contributed by atoms with van der Waals surface area (Å²) in [6, 6.07) is 12.4. The van der Waals surface area contributed by atoms with Crippen molar-refractivity contribution in [2.24, 2.45) is 5.92 Å². The van der Waals surface area contributed by atoms with Gasteiger partial charge in [-0.3, -0.25) is 9.59 Å². The van der Waals surface area contributed by atoms with Crippen molar-refractivity contribution in [3.05, 3.63) is 65.2 Å². The number of rotatable bonds is 12. The Morgan fingerprint density at radius 1 is 1.11 bits per heavy atom. The van der Waals surface area contributed by atoms with Gasteiger partial charge in [-0.1, -0.05) is 42.0 Å². The molecule has 1 fully saturated rings. The molecule has 208 valence electrons. The van der Waals surface area contributed by atoms with E-state index in [1.54, 1.807) is 24.3 Å². The largest absolute Gasteiger partial charge is 0.484 e. The number of amides is 2. The van der Waals surface area contributed by atoms with Gasteiger partial charge in [-0.05, 0) is 69.0 Å². The lowest BCUT2D eigenvalue weighted by Crippen LogP contribution is -2.50. The zero-order valence-corrected chi connectivity index (χ0v) is 22.3. The highest BCUT2D eigenvalue weighted by molar-refractivity contribution is 6.17. The third kappa shape index (κ3) is 9.51. The van der Waals surface area contributed by atoms with E-state index in [1.807, 2.05) is 36.5 Å². The van der Waals surface area contributed by atoms with E-state index < -0.39 is 31.2 Å². The lowest BCUT2D eigenvalue weighted by Gasteiger charge is -2.31. The molecule has 1 heterocycles. The highest BCUT2D eigenvalue weighted by Crippen LogP contribution is 2.24. The highest BCUT2D eigenvalue weighted by atomic mass is 35.5. The summed E-state index contributed by atoms with van der Waals surface area (Å²) in [7, 11) is 0. The maximum Gasteiger partial charge on any atom is 0.408 e. The van der Waals surface area contributed by atoms with Crippen molar-refractivity contribution in [2.45, 2.75) is 50.7 Å². The van der Waals surface area contributed by atoms with E-state index >= 15 is 0 Å². The number of hydrogen-bond acceptors (Lipinski definition) is 4. The second-order valence-electron chi connectivity index (χ2n) is 9.61. The van der Waals surface area contributed by atoms with Crippen molar-refractivity contribution >= 4 is 23.4 Å². The van der Waals surface area contributed by atoms with Gasteiger partial charge in [0.1, 0.15) is 11.8 Å². The van der Waals surface area contributed by atoms with Crippen LogP contribution in [0.5, 0.6) is 5.75 Å². The number of nitrogens with zero attached hydrogens (tertiary/aromatic N) is 1. The molecule has 1 aliphatic heterocycles. The Bertz CT molecular complexity index is 1040. The van der Waals surface area contributed by atoms with Crippen molar-refractivity contribution < 1.29 is 27.5 Å². The van der Waals surface area contributed by atoms with Crippen LogP contribution in [-0.4, -0.2) is 61.7 Å². The van der Waals surface area contributed by atoms with Crippen LogP contribution >= 0.6 is 11.6 Å². The van der Waals surface area contributed by atoms with Crippen molar-refractivity contribution in [3.8, 4) is 5.75 Å². The van der Waals surface area contributed by atoms with E-state index in [9.17, 15) is 22.8 Å². The molecule has 0 aromatic heterocycles. The van der Waals surface area contributed by atoms with Gasteiger partial charge in [0.25, 0.3) is 5.91 Å². The molecule has 1 atom stereocenters. The van der Waals surface area contributed by atoms with Crippen LogP contribution in [0.25, 0.3) is 0 Å². The van der Waals surface area contributed by atoms with Gasteiger partial charge in [0, 0.05) is 24.9 Å². The molecule has 3 rings (SSSR count). The van der Waals surface area contributed by atoms with Crippen molar-refractivity contribution in [3.63, 3.8) is 0 Å². The Morgan fingerprint density at radius 3 is 2.47 bits per heavy atom. The molecule has 0 saturated carbocycles. The van der Waals surface area contributed by atoms with Crippen molar-refractivity contribution in [1.29, 1.82) is 0 Å². The molecular weight excluding hydrogens is 519 g/mol. The molecule has 1 aliphatic rings.